The molecular weight excluding hydrogens is 296 g/mol. The van der Waals surface area contributed by atoms with E-state index in [-0.39, 0.29) is 0 Å². The van der Waals surface area contributed by atoms with Crippen molar-refractivity contribution in [3.63, 3.8) is 0 Å². The van der Waals surface area contributed by atoms with Crippen molar-refractivity contribution >= 4 is 27.7 Å². The van der Waals surface area contributed by atoms with Gasteiger partial charge in [-0.3, -0.25) is 0 Å². The average Bonchev–Trinajstić information content (AvgIpc) is 2.32. The summed E-state index contributed by atoms with van der Waals surface area (Å²) in [4.78, 5) is 4.45. The van der Waals surface area contributed by atoms with Crippen LogP contribution in [-0.2, 0) is 0 Å². The molecule has 4 heteroatoms. The van der Waals surface area contributed by atoms with Crippen molar-refractivity contribution < 1.29 is 0 Å². The molecule has 1 fully saturated rings. The molecule has 1 aromatic rings. The molecule has 1 N–H and O–H groups in total. The molecule has 3 unspecified atom stereocenters. The number of thioether (sulfide) groups is 1. The largest absolute Gasteiger partial charge is 0.316 e. The number of halogens is 1. The zero-order valence-electron chi connectivity index (χ0n) is 10.3. The van der Waals surface area contributed by atoms with Crippen LogP contribution in [0.5, 0.6) is 0 Å². The van der Waals surface area contributed by atoms with Gasteiger partial charge in [-0.1, -0.05) is 6.92 Å². The van der Waals surface area contributed by atoms with E-state index in [1.54, 1.807) is 0 Å². The molecule has 0 bridgehead atoms. The second-order valence-electron chi connectivity index (χ2n) is 4.76. The van der Waals surface area contributed by atoms with Crippen molar-refractivity contribution in [1.29, 1.82) is 0 Å². The number of hydrogen-bond acceptors (Lipinski definition) is 3. The van der Waals surface area contributed by atoms with Gasteiger partial charge in [0, 0.05) is 22.0 Å². The van der Waals surface area contributed by atoms with Gasteiger partial charge in [-0.15, -0.1) is 11.8 Å². The topological polar surface area (TPSA) is 24.9 Å². The van der Waals surface area contributed by atoms with E-state index < -0.39 is 0 Å². The molecule has 0 radical (unpaired) electrons. The second kappa shape index (κ2) is 6.21. The first kappa shape index (κ1) is 13.4. The average molecular weight is 315 g/mol. The highest BCUT2D eigenvalue weighted by atomic mass is 79.9. The maximum atomic E-state index is 4.45. The fourth-order valence-electron chi connectivity index (χ4n) is 2.39. The number of nitrogens with zero attached hydrogens (tertiary/aromatic N) is 1. The summed E-state index contributed by atoms with van der Waals surface area (Å²) in [6.07, 6.45) is 5.76. The van der Waals surface area contributed by atoms with Gasteiger partial charge in [0.1, 0.15) is 5.03 Å². The Morgan fingerprint density at radius 3 is 3.00 bits per heavy atom. The predicted molar refractivity (Wildman–Crippen MR) is 77.4 cm³/mol. The molecule has 2 nitrogen and oxygen atoms in total. The normalized spacial score (nSPS) is 29.2. The molecule has 0 amide bonds. The van der Waals surface area contributed by atoms with Crippen molar-refractivity contribution in [3.05, 3.63) is 22.8 Å². The van der Waals surface area contributed by atoms with E-state index in [2.05, 4.69) is 46.3 Å². The first-order valence-electron chi connectivity index (χ1n) is 6.15. The molecule has 0 aromatic carbocycles. The summed E-state index contributed by atoms with van der Waals surface area (Å²) in [5, 5.41) is 5.20. The van der Waals surface area contributed by atoms with Crippen LogP contribution >= 0.6 is 27.7 Å². The molecule has 1 heterocycles. The van der Waals surface area contributed by atoms with E-state index in [0.29, 0.717) is 11.3 Å². The van der Waals surface area contributed by atoms with Gasteiger partial charge in [0.25, 0.3) is 0 Å². The molecule has 0 saturated heterocycles. The van der Waals surface area contributed by atoms with Crippen LogP contribution in [0.2, 0.25) is 0 Å². The van der Waals surface area contributed by atoms with Crippen LogP contribution in [0.15, 0.2) is 27.8 Å². The maximum absolute atomic E-state index is 4.45. The molecule has 94 valence electrons. The minimum atomic E-state index is 0.616. The smallest absolute Gasteiger partial charge is 0.110 e. The Balaban J connectivity index is 2.07. The lowest BCUT2D eigenvalue weighted by Gasteiger charge is -2.34. The molecular formula is C13H19BrN2S. The Hall–Kier alpha value is -0.0600. The third kappa shape index (κ3) is 3.46. The molecule has 17 heavy (non-hydrogen) atoms. The van der Waals surface area contributed by atoms with Crippen LogP contribution in [-0.4, -0.2) is 23.3 Å². The van der Waals surface area contributed by atoms with Crippen LogP contribution in [0, 0.1) is 5.92 Å². The van der Waals surface area contributed by atoms with Crippen molar-refractivity contribution in [2.75, 3.05) is 7.05 Å². The third-order valence-corrected chi connectivity index (χ3v) is 5.69. The van der Waals surface area contributed by atoms with Gasteiger partial charge >= 0.3 is 0 Å². The fourth-order valence-corrected chi connectivity index (χ4v) is 4.38. The lowest BCUT2D eigenvalue weighted by molar-refractivity contribution is 0.329. The van der Waals surface area contributed by atoms with E-state index in [0.717, 1.165) is 15.4 Å². The van der Waals surface area contributed by atoms with Crippen molar-refractivity contribution in [2.24, 2.45) is 5.92 Å². The summed E-state index contributed by atoms with van der Waals surface area (Å²) < 4.78 is 1.11. The number of pyridine rings is 1. The summed E-state index contributed by atoms with van der Waals surface area (Å²) in [7, 11) is 2.07. The highest BCUT2D eigenvalue weighted by molar-refractivity contribution is 9.10. The van der Waals surface area contributed by atoms with Gasteiger partial charge in [0.05, 0.1) is 0 Å². The van der Waals surface area contributed by atoms with E-state index in [1.165, 1.54) is 19.3 Å². The minimum absolute atomic E-state index is 0.616. The number of nitrogens with one attached hydrogen (secondary N) is 1. The first-order valence-corrected chi connectivity index (χ1v) is 7.82. The summed E-state index contributed by atoms with van der Waals surface area (Å²) >= 11 is 5.48. The molecule has 0 spiro atoms. The summed E-state index contributed by atoms with van der Waals surface area (Å²) in [5.74, 6) is 0.833. The number of hydrogen-bond donors (Lipinski definition) is 1. The van der Waals surface area contributed by atoms with Crippen LogP contribution < -0.4 is 5.32 Å². The molecule has 1 aliphatic rings. The molecule has 1 saturated carbocycles. The minimum Gasteiger partial charge on any atom is -0.316 e. The molecule has 2 rings (SSSR count). The Bertz CT molecular complexity index is 372. The van der Waals surface area contributed by atoms with E-state index >= 15 is 0 Å². The first-order chi connectivity index (χ1) is 8.20. The number of aromatic nitrogens is 1. The highest BCUT2D eigenvalue weighted by Gasteiger charge is 2.29. The van der Waals surface area contributed by atoms with Gasteiger partial charge in [0.2, 0.25) is 0 Å². The molecule has 3 atom stereocenters. The van der Waals surface area contributed by atoms with Gasteiger partial charge in [-0.05, 0) is 60.3 Å². The van der Waals surface area contributed by atoms with Crippen molar-refractivity contribution in [1.82, 2.24) is 10.3 Å². The lowest BCUT2D eigenvalue weighted by Crippen LogP contribution is -2.40. The standard InChI is InChI=1S/C13H19BrN2S/c1-9-5-6-11(15-2)12(8-9)17-13-10(14)4-3-7-16-13/h3-4,7,9,11-12,15H,5-6,8H2,1-2H3. The van der Waals surface area contributed by atoms with E-state index in [9.17, 15) is 0 Å². The van der Waals surface area contributed by atoms with Gasteiger partial charge in [-0.2, -0.15) is 0 Å². The quantitative estimate of drug-likeness (QED) is 0.920. The Morgan fingerprint density at radius 2 is 2.29 bits per heavy atom. The van der Waals surface area contributed by atoms with Gasteiger partial charge < -0.3 is 5.32 Å². The molecule has 0 aliphatic heterocycles. The third-order valence-electron chi connectivity index (χ3n) is 3.41. The maximum Gasteiger partial charge on any atom is 0.110 e. The van der Waals surface area contributed by atoms with E-state index in [4.69, 9.17) is 0 Å². The predicted octanol–water partition coefficient (Wildman–Crippen LogP) is 3.71. The Kier molecular flexibility index (Phi) is 4.88. The van der Waals surface area contributed by atoms with E-state index in [1.807, 2.05) is 24.0 Å². The van der Waals surface area contributed by atoms with Gasteiger partial charge in [0.15, 0.2) is 0 Å². The summed E-state index contributed by atoms with van der Waals surface area (Å²) in [6, 6.07) is 4.65. The zero-order chi connectivity index (χ0) is 12.3. The highest BCUT2D eigenvalue weighted by Crippen LogP contribution is 2.37. The molecule has 1 aromatic heterocycles. The fraction of sp³-hybridized carbons (Fsp3) is 0.615. The van der Waals surface area contributed by atoms with Gasteiger partial charge in [-0.25, -0.2) is 4.98 Å². The monoisotopic (exact) mass is 314 g/mol. The summed E-state index contributed by atoms with van der Waals surface area (Å²) in [5.41, 5.74) is 0. The van der Waals surface area contributed by atoms with Crippen LogP contribution in [0.3, 0.4) is 0 Å². The Labute approximate surface area is 116 Å². The summed E-state index contributed by atoms with van der Waals surface area (Å²) in [6.45, 7) is 2.35. The van der Waals surface area contributed by atoms with Crippen LogP contribution in [0.25, 0.3) is 0 Å². The SMILES string of the molecule is CNC1CCC(C)CC1Sc1ncccc1Br. The molecule has 1 aliphatic carbocycles. The Morgan fingerprint density at radius 1 is 1.47 bits per heavy atom. The number of rotatable bonds is 3. The van der Waals surface area contributed by atoms with Crippen molar-refractivity contribution in [3.8, 4) is 0 Å². The lowest BCUT2D eigenvalue weighted by atomic mass is 9.87. The zero-order valence-corrected chi connectivity index (χ0v) is 12.7. The van der Waals surface area contributed by atoms with Crippen molar-refractivity contribution in [2.45, 2.75) is 42.5 Å². The van der Waals surface area contributed by atoms with Crippen LogP contribution in [0.4, 0.5) is 0 Å². The van der Waals surface area contributed by atoms with Crippen LogP contribution in [0.1, 0.15) is 26.2 Å². The second-order valence-corrected chi connectivity index (χ2v) is 6.84.